The fourth-order valence-electron chi connectivity index (χ4n) is 1.79. The van der Waals surface area contributed by atoms with Gasteiger partial charge in [0.15, 0.2) is 0 Å². The summed E-state index contributed by atoms with van der Waals surface area (Å²) in [5, 5.41) is 6.58. The molecule has 0 aliphatic carbocycles. The molecule has 128 valence electrons. The number of hydrogen-bond donors (Lipinski definition) is 1. The molecule has 0 spiro atoms. The third-order valence-electron chi connectivity index (χ3n) is 3.01. The largest absolute Gasteiger partial charge is 0.462 e. The molecule has 0 atom stereocenters. The molecule has 9 heteroatoms. The number of esters is 1. The second kappa shape index (κ2) is 8.28. The number of aromatic nitrogens is 2. The Morgan fingerprint density at radius 3 is 2.48 bits per heavy atom. The van der Waals surface area contributed by atoms with Crippen LogP contribution in [0.15, 0.2) is 6.20 Å². The lowest BCUT2D eigenvalue weighted by Gasteiger charge is -2.18. The van der Waals surface area contributed by atoms with Crippen molar-refractivity contribution < 1.29 is 19.1 Å². The van der Waals surface area contributed by atoms with Crippen molar-refractivity contribution >= 4 is 23.6 Å². The molecule has 1 aromatic rings. The van der Waals surface area contributed by atoms with Crippen LogP contribution in [0.5, 0.6) is 0 Å². The first kappa shape index (κ1) is 18.6. The van der Waals surface area contributed by atoms with Crippen LogP contribution >= 0.6 is 0 Å². The molecule has 0 aromatic carbocycles. The molecule has 0 bridgehead atoms. The van der Waals surface area contributed by atoms with Crippen molar-refractivity contribution in [3.8, 4) is 0 Å². The third-order valence-corrected chi connectivity index (χ3v) is 3.01. The number of carbonyl (C=O) groups is 3. The molecule has 0 saturated heterocycles. The Bertz CT molecular complexity index is 582. The molecule has 9 nitrogen and oxygen atoms in total. The smallest absolute Gasteiger partial charge is 0.343 e. The molecule has 0 aliphatic heterocycles. The summed E-state index contributed by atoms with van der Waals surface area (Å²) in [5.74, 6) is -0.742. The second-order valence-electron chi connectivity index (χ2n) is 5.26. The predicted octanol–water partition coefficient (Wildman–Crippen LogP) is -0.445. The summed E-state index contributed by atoms with van der Waals surface area (Å²) in [5.41, 5.74) is 0.190. The first-order valence-electron chi connectivity index (χ1n) is 7.13. The van der Waals surface area contributed by atoms with Gasteiger partial charge in [-0.15, -0.1) is 0 Å². The van der Waals surface area contributed by atoms with Gasteiger partial charge in [0.05, 0.1) is 25.9 Å². The van der Waals surface area contributed by atoms with Crippen LogP contribution in [0, 0.1) is 0 Å². The normalized spacial score (nSPS) is 10.5. The fourth-order valence-corrected chi connectivity index (χ4v) is 1.79. The van der Waals surface area contributed by atoms with E-state index in [1.165, 1.54) is 15.8 Å². The van der Waals surface area contributed by atoms with Gasteiger partial charge in [-0.2, -0.15) is 5.10 Å². The summed E-state index contributed by atoms with van der Waals surface area (Å²) in [7, 11) is 6.57. The van der Waals surface area contributed by atoms with Crippen LogP contribution in [0.25, 0.3) is 0 Å². The number of rotatable bonds is 7. The summed E-state index contributed by atoms with van der Waals surface area (Å²) in [6, 6.07) is 0. The van der Waals surface area contributed by atoms with Gasteiger partial charge in [0.2, 0.25) is 11.8 Å². The number of ether oxygens (including phenoxy) is 1. The van der Waals surface area contributed by atoms with Gasteiger partial charge in [0.1, 0.15) is 11.4 Å². The van der Waals surface area contributed by atoms with Crippen LogP contribution in [0.2, 0.25) is 0 Å². The molecular formula is C14H23N5O4. The number of nitrogens with one attached hydrogen (secondary N) is 1. The first-order chi connectivity index (χ1) is 10.8. The predicted molar refractivity (Wildman–Crippen MR) is 84.0 cm³/mol. The van der Waals surface area contributed by atoms with Crippen molar-refractivity contribution in [2.24, 2.45) is 7.05 Å². The minimum atomic E-state index is -0.549. The first-order valence-corrected chi connectivity index (χ1v) is 7.13. The Balaban J connectivity index is 2.69. The van der Waals surface area contributed by atoms with Gasteiger partial charge in [-0.3, -0.25) is 19.2 Å². The molecule has 0 radical (unpaired) electrons. The van der Waals surface area contributed by atoms with Crippen LogP contribution in [0.4, 0.5) is 5.82 Å². The molecule has 1 N–H and O–H groups in total. The zero-order valence-corrected chi connectivity index (χ0v) is 14.1. The standard InChI is InChI=1S/C14H23N5O4/c1-6-23-14(22)10-7-15-19(5)13(10)16-11(20)8-18(4)9-12(21)17(2)3/h7H,6,8-9H2,1-5H3,(H,16,20). The maximum Gasteiger partial charge on any atom is 0.343 e. The summed E-state index contributed by atoms with van der Waals surface area (Å²) in [6.07, 6.45) is 1.34. The highest BCUT2D eigenvalue weighted by Gasteiger charge is 2.20. The van der Waals surface area contributed by atoms with Crippen molar-refractivity contribution in [3.05, 3.63) is 11.8 Å². The number of amides is 2. The van der Waals surface area contributed by atoms with E-state index in [2.05, 4.69) is 10.4 Å². The Morgan fingerprint density at radius 2 is 1.91 bits per heavy atom. The van der Waals surface area contributed by atoms with E-state index in [0.29, 0.717) is 0 Å². The number of aryl methyl sites for hydroxylation is 1. The number of likely N-dealkylation sites (N-methyl/N-ethyl adjacent to an activating group) is 2. The molecule has 23 heavy (non-hydrogen) atoms. The van der Waals surface area contributed by atoms with Gasteiger partial charge < -0.3 is 15.0 Å². The van der Waals surface area contributed by atoms with Crippen LogP contribution in [0.1, 0.15) is 17.3 Å². The van der Waals surface area contributed by atoms with Crippen LogP contribution < -0.4 is 5.32 Å². The van der Waals surface area contributed by atoms with E-state index < -0.39 is 5.97 Å². The lowest BCUT2D eigenvalue weighted by Crippen LogP contribution is -2.38. The van der Waals surface area contributed by atoms with Crippen LogP contribution in [0.3, 0.4) is 0 Å². The highest BCUT2D eigenvalue weighted by Crippen LogP contribution is 2.15. The minimum absolute atomic E-state index is 0.00697. The van der Waals surface area contributed by atoms with Crippen molar-refractivity contribution in [2.75, 3.05) is 46.2 Å². The molecule has 0 unspecified atom stereocenters. The van der Waals surface area contributed by atoms with Crippen molar-refractivity contribution in [3.63, 3.8) is 0 Å². The molecule has 0 aliphatic rings. The number of nitrogens with zero attached hydrogens (tertiary/aromatic N) is 4. The maximum absolute atomic E-state index is 12.1. The molecule has 1 rings (SSSR count). The molecule has 0 fully saturated rings. The topological polar surface area (TPSA) is 96.8 Å². The molecule has 2 amide bonds. The van der Waals surface area contributed by atoms with Gasteiger partial charge in [-0.25, -0.2) is 4.79 Å². The average Bonchev–Trinajstić information content (AvgIpc) is 2.80. The summed E-state index contributed by atoms with van der Waals surface area (Å²) in [6.45, 7) is 2.06. The van der Waals surface area contributed by atoms with E-state index in [1.807, 2.05) is 0 Å². The number of hydrogen-bond acceptors (Lipinski definition) is 6. The monoisotopic (exact) mass is 325 g/mol. The van der Waals surface area contributed by atoms with E-state index in [9.17, 15) is 14.4 Å². The van der Waals surface area contributed by atoms with E-state index in [4.69, 9.17) is 4.74 Å². The molecular weight excluding hydrogens is 302 g/mol. The zero-order valence-electron chi connectivity index (χ0n) is 14.1. The lowest BCUT2D eigenvalue weighted by atomic mass is 10.3. The van der Waals surface area contributed by atoms with E-state index in [0.717, 1.165) is 0 Å². The van der Waals surface area contributed by atoms with Crippen LogP contribution in [-0.2, 0) is 21.4 Å². The summed E-state index contributed by atoms with van der Waals surface area (Å²) >= 11 is 0. The van der Waals surface area contributed by atoms with Gasteiger partial charge in [-0.1, -0.05) is 0 Å². The SMILES string of the molecule is CCOC(=O)c1cnn(C)c1NC(=O)CN(C)CC(=O)N(C)C. The Labute approximate surface area is 135 Å². The maximum atomic E-state index is 12.1. The van der Waals surface area contributed by atoms with Gasteiger partial charge in [0.25, 0.3) is 0 Å². The average molecular weight is 325 g/mol. The fraction of sp³-hybridized carbons (Fsp3) is 0.571. The van der Waals surface area contributed by atoms with Crippen LogP contribution in [-0.4, -0.2) is 78.2 Å². The summed E-state index contributed by atoms with van der Waals surface area (Å²) in [4.78, 5) is 38.5. The summed E-state index contributed by atoms with van der Waals surface area (Å²) < 4.78 is 6.30. The van der Waals surface area contributed by atoms with E-state index in [1.54, 1.807) is 40.0 Å². The lowest BCUT2D eigenvalue weighted by molar-refractivity contribution is -0.130. The Kier molecular flexibility index (Phi) is 6.70. The second-order valence-corrected chi connectivity index (χ2v) is 5.26. The van der Waals surface area contributed by atoms with Crippen molar-refractivity contribution in [1.82, 2.24) is 19.6 Å². The van der Waals surface area contributed by atoms with Crippen molar-refractivity contribution in [1.29, 1.82) is 0 Å². The Hall–Kier alpha value is -2.42. The van der Waals surface area contributed by atoms with Gasteiger partial charge in [0, 0.05) is 21.1 Å². The minimum Gasteiger partial charge on any atom is -0.462 e. The number of anilines is 1. The van der Waals surface area contributed by atoms with E-state index in [-0.39, 0.29) is 42.9 Å². The molecule has 1 heterocycles. The Morgan fingerprint density at radius 1 is 1.26 bits per heavy atom. The highest BCUT2D eigenvalue weighted by atomic mass is 16.5. The quantitative estimate of drug-likeness (QED) is 0.683. The zero-order chi connectivity index (χ0) is 17.6. The van der Waals surface area contributed by atoms with Gasteiger partial charge in [-0.05, 0) is 14.0 Å². The van der Waals surface area contributed by atoms with Crippen molar-refractivity contribution in [2.45, 2.75) is 6.92 Å². The molecule has 0 saturated carbocycles. The third kappa shape index (κ3) is 5.37. The molecule has 1 aromatic heterocycles. The van der Waals surface area contributed by atoms with E-state index >= 15 is 0 Å². The van der Waals surface area contributed by atoms with Gasteiger partial charge >= 0.3 is 5.97 Å². The number of carbonyl (C=O) groups excluding carboxylic acids is 3. The highest BCUT2D eigenvalue weighted by molar-refractivity contribution is 6.00.